The van der Waals surface area contributed by atoms with Gasteiger partial charge in [0.25, 0.3) is 0 Å². The molecule has 0 amide bonds. The van der Waals surface area contributed by atoms with Crippen molar-refractivity contribution in [3.63, 3.8) is 0 Å². The molecule has 122 valence electrons. The predicted octanol–water partition coefficient (Wildman–Crippen LogP) is 1.37. The summed E-state index contributed by atoms with van der Waals surface area (Å²) >= 11 is 0. The molecule has 0 aliphatic carbocycles. The van der Waals surface area contributed by atoms with Gasteiger partial charge in [0, 0.05) is 25.2 Å². The molecule has 23 heavy (non-hydrogen) atoms. The second-order valence-corrected chi connectivity index (χ2v) is 5.62. The Balaban J connectivity index is 2.04. The van der Waals surface area contributed by atoms with Gasteiger partial charge in [-0.05, 0) is 13.8 Å². The molecule has 0 bridgehead atoms. The van der Waals surface area contributed by atoms with Gasteiger partial charge in [-0.15, -0.1) is 0 Å². The van der Waals surface area contributed by atoms with Crippen molar-refractivity contribution in [1.29, 1.82) is 0 Å². The number of aromatic nitrogens is 3. The van der Waals surface area contributed by atoms with Crippen LogP contribution in [0.2, 0.25) is 0 Å². The number of morpholine rings is 1. The maximum atomic E-state index is 11.3. The minimum atomic E-state index is -0.488. The smallest absolute Gasteiger partial charge is 0.313 e. The standard InChI is InChI=1S/C14H18N6O3/c1-9-7-18(8-10(2)23-9)14-5-11(12(6-16-14)20(21)22)19-13(15)3-4-17-19/h3-6,9-10H,7-8,15H2,1-2H3/t9-,10-/m0/s1. The third-order valence-electron chi connectivity index (χ3n) is 3.69. The summed E-state index contributed by atoms with van der Waals surface area (Å²) in [5, 5.41) is 15.3. The molecule has 0 aromatic carbocycles. The fraction of sp³-hybridized carbons (Fsp3) is 0.429. The van der Waals surface area contributed by atoms with Crippen molar-refractivity contribution in [2.24, 2.45) is 0 Å². The molecule has 0 spiro atoms. The quantitative estimate of drug-likeness (QED) is 0.671. The average molecular weight is 318 g/mol. The molecule has 2 aromatic rings. The van der Waals surface area contributed by atoms with Crippen molar-refractivity contribution >= 4 is 17.3 Å². The van der Waals surface area contributed by atoms with E-state index in [1.807, 2.05) is 18.7 Å². The molecular formula is C14H18N6O3. The van der Waals surface area contributed by atoms with Crippen molar-refractivity contribution < 1.29 is 9.66 Å². The van der Waals surface area contributed by atoms with E-state index in [0.717, 1.165) is 0 Å². The number of nitrogens with two attached hydrogens (primary N) is 1. The topological polar surface area (TPSA) is 112 Å². The number of hydrogen-bond donors (Lipinski definition) is 1. The summed E-state index contributed by atoms with van der Waals surface area (Å²) in [7, 11) is 0. The first-order valence-corrected chi connectivity index (χ1v) is 7.30. The Kier molecular flexibility index (Phi) is 3.87. The molecule has 0 unspecified atom stereocenters. The summed E-state index contributed by atoms with van der Waals surface area (Å²) in [5.41, 5.74) is 6.00. The molecule has 1 saturated heterocycles. The molecule has 0 radical (unpaired) electrons. The zero-order valence-electron chi connectivity index (χ0n) is 12.9. The average Bonchev–Trinajstić information content (AvgIpc) is 2.91. The number of hydrogen-bond acceptors (Lipinski definition) is 7. The van der Waals surface area contributed by atoms with Gasteiger partial charge in [0.2, 0.25) is 0 Å². The molecular weight excluding hydrogens is 300 g/mol. The normalized spacial score (nSPS) is 21.4. The lowest BCUT2D eigenvalue weighted by atomic mass is 10.2. The van der Waals surface area contributed by atoms with E-state index in [-0.39, 0.29) is 17.9 Å². The maximum Gasteiger partial charge on any atom is 0.313 e. The molecule has 2 atom stereocenters. The number of rotatable bonds is 3. The van der Waals surface area contributed by atoms with Gasteiger partial charge in [-0.3, -0.25) is 10.1 Å². The van der Waals surface area contributed by atoms with Crippen LogP contribution in [0, 0.1) is 10.1 Å². The van der Waals surface area contributed by atoms with Crippen molar-refractivity contribution in [3.05, 3.63) is 34.6 Å². The van der Waals surface area contributed by atoms with Crippen LogP contribution >= 0.6 is 0 Å². The lowest BCUT2D eigenvalue weighted by Gasteiger charge is -2.36. The first kappa shape index (κ1) is 15.2. The highest BCUT2D eigenvalue weighted by Crippen LogP contribution is 2.28. The Morgan fingerprint density at radius 3 is 2.65 bits per heavy atom. The van der Waals surface area contributed by atoms with Gasteiger partial charge >= 0.3 is 5.69 Å². The monoisotopic (exact) mass is 318 g/mol. The molecule has 1 fully saturated rings. The van der Waals surface area contributed by atoms with Crippen molar-refractivity contribution in [2.45, 2.75) is 26.1 Å². The second kappa shape index (κ2) is 5.84. The van der Waals surface area contributed by atoms with Crippen LogP contribution in [0.3, 0.4) is 0 Å². The maximum absolute atomic E-state index is 11.3. The van der Waals surface area contributed by atoms with Gasteiger partial charge in [0.1, 0.15) is 23.5 Å². The number of anilines is 2. The van der Waals surface area contributed by atoms with E-state index in [2.05, 4.69) is 10.1 Å². The molecule has 9 nitrogen and oxygen atoms in total. The number of nitrogen functional groups attached to an aromatic ring is 1. The van der Waals surface area contributed by atoms with E-state index >= 15 is 0 Å². The van der Waals surface area contributed by atoms with Crippen LogP contribution in [0.4, 0.5) is 17.3 Å². The zero-order chi connectivity index (χ0) is 16.6. The minimum Gasteiger partial charge on any atom is -0.384 e. The van der Waals surface area contributed by atoms with E-state index in [0.29, 0.717) is 30.4 Å². The number of nitrogens with zero attached hydrogens (tertiary/aromatic N) is 5. The SMILES string of the molecule is C[C@H]1CN(c2cc(-n3nccc3N)c([N+](=O)[O-])cn2)C[C@H](C)O1. The highest BCUT2D eigenvalue weighted by molar-refractivity contribution is 5.60. The van der Waals surface area contributed by atoms with Crippen LogP contribution in [0.25, 0.3) is 5.69 Å². The molecule has 2 N–H and O–H groups in total. The minimum absolute atomic E-state index is 0.0639. The Morgan fingerprint density at radius 2 is 2.09 bits per heavy atom. The predicted molar refractivity (Wildman–Crippen MR) is 84.6 cm³/mol. The van der Waals surface area contributed by atoms with Gasteiger partial charge in [0.15, 0.2) is 0 Å². The van der Waals surface area contributed by atoms with Gasteiger partial charge < -0.3 is 15.4 Å². The molecule has 0 saturated carbocycles. The molecule has 3 rings (SSSR count). The fourth-order valence-corrected chi connectivity index (χ4v) is 2.79. The van der Waals surface area contributed by atoms with Crippen molar-refractivity contribution in [2.75, 3.05) is 23.7 Å². The summed E-state index contributed by atoms with van der Waals surface area (Å²) in [6.07, 6.45) is 2.87. The number of ether oxygens (including phenoxy) is 1. The van der Waals surface area contributed by atoms with Gasteiger partial charge in [-0.2, -0.15) is 5.10 Å². The van der Waals surface area contributed by atoms with Crippen LogP contribution in [0.1, 0.15) is 13.8 Å². The Morgan fingerprint density at radius 1 is 1.39 bits per heavy atom. The summed E-state index contributed by atoms with van der Waals surface area (Å²) in [6.45, 7) is 5.31. The molecule has 3 heterocycles. The van der Waals surface area contributed by atoms with E-state index in [9.17, 15) is 10.1 Å². The van der Waals surface area contributed by atoms with E-state index in [1.54, 1.807) is 12.1 Å². The third-order valence-corrected chi connectivity index (χ3v) is 3.69. The lowest BCUT2D eigenvalue weighted by Crippen LogP contribution is -2.45. The second-order valence-electron chi connectivity index (χ2n) is 5.62. The molecule has 1 aliphatic heterocycles. The van der Waals surface area contributed by atoms with E-state index in [4.69, 9.17) is 10.5 Å². The van der Waals surface area contributed by atoms with Gasteiger partial charge in [-0.1, -0.05) is 0 Å². The van der Waals surface area contributed by atoms with E-state index < -0.39 is 4.92 Å². The molecule has 9 heteroatoms. The van der Waals surface area contributed by atoms with Crippen LogP contribution in [0.15, 0.2) is 24.5 Å². The zero-order valence-corrected chi connectivity index (χ0v) is 12.9. The van der Waals surface area contributed by atoms with Crippen molar-refractivity contribution in [1.82, 2.24) is 14.8 Å². The van der Waals surface area contributed by atoms with Crippen LogP contribution in [0.5, 0.6) is 0 Å². The number of nitro groups is 1. The Labute approximate surface area is 132 Å². The lowest BCUT2D eigenvalue weighted by molar-refractivity contribution is -0.384. The number of pyridine rings is 1. The highest BCUT2D eigenvalue weighted by atomic mass is 16.6. The third kappa shape index (κ3) is 2.95. The summed E-state index contributed by atoms with van der Waals surface area (Å²) in [4.78, 5) is 17.1. The van der Waals surface area contributed by atoms with Crippen LogP contribution in [-0.2, 0) is 4.74 Å². The first-order valence-electron chi connectivity index (χ1n) is 7.30. The van der Waals surface area contributed by atoms with Gasteiger partial charge in [0.05, 0.1) is 23.3 Å². The van der Waals surface area contributed by atoms with E-state index in [1.165, 1.54) is 17.1 Å². The summed E-state index contributed by atoms with van der Waals surface area (Å²) < 4.78 is 7.05. The summed E-state index contributed by atoms with van der Waals surface area (Å²) in [6, 6.07) is 3.23. The Bertz CT molecular complexity index is 721. The molecule has 1 aliphatic rings. The highest BCUT2D eigenvalue weighted by Gasteiger charge is 2.26. The fourth-order valence-electron chi connectivity index (χ4n) is 2.79. The van der Waals surface area contributed by atoms with Crippen LogP contribution < -0.4 is 10.6 Å². The van der Waals surface area contributed by atoms with Gasteiger partial charge in [-0.25, -0.2) is 9.67 Å². The largest absolute Gasteiger partial charge is 0.384 e. The summed E-state index contributed by atoms with van der Waals surface area (Å²) in [5.74, 6) is 0.969. The first-order chi connectivity index (χ1) is 11.0. The van der Waals surface area contributed by atoms with Crippen LogP contribution in [-0.4, -0.2) is 45.0 Å². The molecule has 2 aromatic heterocycles. The Hall–Kier alpha value is -2.68. The van der Waals surface area contributed by atoms with Crippen molar-refractivity contribution in [3.8, 4) is 5.69 Å².